The monoisotopic (exact) mass is 446 g/mol. The van der Waals surface area contributed by atoms with Crippen molar-refractivity contribution in [2.24, 2.45) is 0 Å². The first-order chi connectivity index (χ1) is 12.7. The van der Waals surface area contributed by atoms with Gasteiger partial charge in [-0.2, -0.15) is 0 Å². The van der Waals surface area contributed by atoms with Gasteiger partial charge in [0.2, 0.25) is 5.91 Å². The summed E-state index contributed by atoms with van der Waals surface area (Å²) in [5, 5.41) is 3.40. The minimum atomic E-state index is -0.226. The van der Waals surface area contributed by atoms with E-state index < -0.39 is 0 Å². The van der Waals surface area contributed by atoms with Gasteiger partial charge in [0, 0.05) is 29.9 Å². The first-order valence-electron chi connectivity index (χ1n) is 9.04. The van der Waals surface area contributed by atoms with Gasteiger partial charge in [0.25, 0.3) is 0 Å². The fourth-order valence-corrected chi connectivity index (χ4v) is 3.85. The number of benzene rings is 2. The molecule has 3 nitrogen and oxygen atoms in total. The van der Waals surface area contributed by atoms with Crippen molar-refractivity contribution in [3.8, 4) is 0 Å². The van der Waals surface area contributed by atoms with Crippen LogP contribution in [0.2, 0.25) is 0 Å². The van der Waals surface area contributed by atoms with Gasteiger partial charge in [-0.15, -0.1) is 0 Å². The molecule has 0 radical (unpaired) electrons. The third-order valence-corrected chi connectivity index (χ3v) is 5.30. The molecule has 2 rings (SSSR count). The number of carbonyl (C=O) groups excluding carboxylic acids is 1. The number of rotatable bonds is 6. The summed E-state index contributed by atoms with van der Waals surface area (Å²) in [5.74, 6) is 0.00830. The number of carbonyl (C=O) groups is 1. The van der Waals surface area contributed by atoms with Gasteiger partial charge in [-0.25, -0.2) is 0 Å². The standard InChI is InChI=1S/C22H27BrN2OS/c1-16(26)25(15-17-10-6-5-7-11-17)20(21(27)24-22(2,3)4)14-18-12-8-9-13-19(18)23/h5-13,20H,14-15H2,1-4H3,(H,24,27). The Morgan fingerprint density at radius 1 is 1.11 bits per heavy atom. The first kappa shape index (κ1) is 21.6. The Morgan fingerprint density at radius 3 is 2.26 bits per heavy atom. The molecule has 0 bridgehead atoms. The van der Waals surface area contributed by atoms with Crippen LogP contribution in [0.1, 0.15) is 38.8 Å². The van der Waals surface area contributed by atoms with Crippen LogP contribution >= 0.6 is 28.1 Å². The second-order valence-corrected chi connectivity index (χ2v) is 8.98. The largest absolute Gasteiger partial charge is 0.373 e. The molecule has 0 fully saturated rings. The Kier molecular flexibility index (Phi) is 7.57. The summed E-state index contributed by atoms with van der Waals surface area (Å²) in [5.41, 5.74) is 2.04. The minimum Gasteiger partial charge on any atom is -0.373 e. The summed E-state index contributed by atoms with van der Waals surface area (Å²) in [6.45, 7) is 8.35. The van der Waals surface area contributed by atoms with Gasteiger partial charge in [0.1, 0.15) is 0 Å². The lowest BCUT2D eigenvalue weighted by Crippen LogP contribution is -2.53. The highest BCUT2D eigenvalue weighted by atomic mass is 79.9. The quantitative estimate of drug-likeness (QED) is 0.624. The van der Waals surface area contributed by atoms with Crippen molar-refractivity contribution in [2.45, 2.75) is 52.2 Å². The average Bonchev–Trinajstić information content (AvgIpc) is 2.58. The van der Waals surface area contributed by atoms with E-state index in [0.29, 0.717) is 18.0 Å². The number of hydrogen-bond donors (Lipinski definition) is 1. The van der Waals surface area contributed by atoms with Crippen molar-refractivity contribution in [1.82, 2.24) is 10.2 Å². The van der Waals surface area contributed by atoms with Crippen molar-refractivity contribution in [2.75, 3.05) is 0 Å². The predicted octanol–water partition coefficient (Wildman–Crippen LogP) is 5.12. The minimum absolute atomic E-state index is 0.00830. The Morgan fingerprint density at radius 2 is 1.70 bits per heavy atom. The van der Waals surface area contributed by atoms with Crippen LogP contribution in [0.4, 0.5) is 0 Å². The van der Waals surface area contributed by atoms with Crippen molar-refractivity contribution in [3.63, 3.8) is 0 Å². The Labute approximate surface area is 176 Å². The van der Waals surface area contributed by atoms with Crippen molar-refractivity contribution < 1.29 is 4.79 Å². The molecule has 0 heterocycles. The number of nitrogens with one attached hydrogen (secondary N) is 1. The van der Waals surface area contributed by atoms with E-state index in [4.69, 9.17) is 12.2 Å². The molecule has 0 spiro atoms. The molecule has 2 aromatic rings. The molecule has 0 saturated heterocycles. The summed E-state index contributed by atoms with van der Waals surface area (Å²) >= 11 is 9.38. The van der Waals surface area contributed by atoms with Gasteiger partial charge in [-0.3, -0.25) is 4.79 Å². The third-order valence-electron chi connectivity index (χ3n) is 4.15. The van der Waals surface area contributed by atoms with Gasteiger partial charge in [0.15, 0.2) is 0 Å². The van der Waals surface area contributed by atoms with E-state index in [1.165, 1.54) is 0 Å². The molecule has 0 saturated carbocycles. The molecule has 1 amide bonds. The zero-order chi connectivity index (χ0) is 20.0. The Bertz CT molecular complexity index is 786. The molecule has 1 N–H and O–H groups in total. The van der Waals surface area contributed by atoms with Crippen LogP contribution in [-0.2, 0) is 17.8 Å². The van der Waals surface area contributed by atoms with E-state index in [1.54, 1.807) is 6.92 Å². The molecule has 144 valence electrons. The summed E-state index contributed by atoms with van der Waals surface area (Å²) in [4.78, 5) is 15.1. The maximum absolute atomic E-state index is 12.6. The molecule has 0 aliphatic carbocycles. The molecular formula is C22H27BrN2OS. The lowest BCUT2D eigenvalue weighted by molar-refractivity contribution is -0.130. The van der Waals surface area contributed by atoms with E-state index >= 15 is 0 Å². The molecule has 1 atom stereocenters. The zero-order valence-corrected chi connectivity index (χ0v) is 18.7. The third kappa shape index (κ3) is 6.74. The molecule has 27 heavy (non-hydrogen) atoms. The van der Waals surface area contributed by atoms with E-state index in [9.17, 15) is 4.79 Å². The van der Waals surface area contributed by atoms with E-state index in [2.05, 4.69) is 48.1 Å². The Hall–Kier alpha value is -1.72. The van der Waals surface area contributed by atoms with Crippen LogP contribution in [0.25, 0.3) is 0 Å². The van der Waals surface area contributed by atoms with Crippen molar-refractivity contribution in [3.05, 3.63) is 70.2 Å². The van der Waals surface area contributed by atoms with Gasteiger partial charge < -0.3 is 10.2 Å². The highest BCUT2D eigenvalue weighted by Crippen LogP contribution is 2.22. The van der Waals surface area contributed by atoms with Gasteiger partial charge in [-0.05, 0) is 38.0 Å². The van der Waals surface area contributed by atoms with Crippen LogP contribution < -0.4 is 5.32 Å². The number of hydrogen-bond acceptors (Lipinski definition) is 2. The predicted molar refractivity (Wildman–Crippen MR) is 120 cm³/mol. The summed E-state index contributed by atoms with van der Waals surface area (Å²) in [6, 6.07) is 17.9. The van der Waals surface area contributed by atoms with Crippen LogP contribution in [0, 0.1) is 0 Å². The van der Waals surface area contributed by atoms with Crippen LogP contribution in [0.3, 0.4) is 0 Å². The highest BCUT2D eigenvalue weighted by Gasteiger charge is 2.28. The fraction of sp³-hybridized carbons (Fsp3) is 0.364. The van der Waals surface area contributed by atoms with Crippen molar-refractivity contribution >= 4 is 39.0 Å². The Balaban J connectivity index is 2.36. The van der Waals surface area contributed by atoms with Gasteiger partial charge >= 0.3 is 0 Å². The number of halogens is 1. The molecule has 0 aliphatic rings. The first-order valence-corrected chi connectivity index (χ1v) is 10.2. The second-order valence-electron chi connectivity index (χ2n) is 7.68. The van der Waals surface area contributed by atoms with Gasteiger partial charge in [-0.1, -0.05) is 76.7 Å². The SMILES string of the molecule is CC(=O)N(Cc1ccccc1)C(Cc1ccccc1Br)C(=S)NC(C)(C)C. The van der Waals surface area contributed by atoms with E-state index in [0.717, 1.165) is 15.6 Å². The molecule has 5 heteroatoms. The topological polar surface area (TPSA) is 32.3 Å². The maximum Gasteiger partial charge on any atom is 0.220 e. The fourth-order valence-electron chi connectivity index (χ4n) is 2.89. The maximum atomic E-state index is 12.6. The lowest BCUT2D eigenvalue weighted by Gasteiger charge is -2.35. The molecule has 0 aromatic heterocycles. The normalized spacial score (nSPS) is 12.3. The van der Waals surface area contributed by atoms with Crippen LogP contribution in [0.5, 0.6) is 0 Å². The van der Waals surface area contributed by atoms with E-state index in [-0.39, 0.29) is 17.5 Å². The molecule has 1 unspecified atom stereocenters. The van der Waals surface area contributed by atoms with Gasteiger partial charge in [0.05, 0.1) is 11.0 Å². The van der Waals surface area contributed by atoms with E-state index in [1.807, 2.05) is 53.4 Å². The molecule has 2 aromatic carbocycles. The van der Waals surface area contributed by atoms with Crippen LogP contribution in [0.15, 0.2) is 59.1 Å². The van der Waals surface area contributed by atoms with Crippen LogP contribution in [-0.4, -0.2) is 27.4 Å². The summed E-state index contributed by atoms with van der Waals surface area (Å²) in [7, 11) is 0. The highest BCUT2D eigenvalue weighted by molar-refractivity contribution is 9.10. The summed E-state index contributed by atoms with van der Waals surface area (Å²) < 4.78 is 1.02. The number of nitrogens with zero attached hydrogens (tertiary/aromatic N) is 1. The number of thiocarbonyl (C=S) groups is 1. The van der Waals surface area contributed by atoms with Crippen molar-refractivity contribution in [1.29, 1.82) is 0 Å². The lowest BCUT2D eigenvalue weighted by atomic mass is 10.0. The molecular weight excluding hydrogens is 420 g/mol. The molecule has 0 aliphatic heterocycles. The number of amides is 1. The second kappa shape index (κ2) is 9.47. The average molecular weight is 447 g/mol. The zero-order valence-electron chi connectivity index (χ0n) is 16.3. The summed E-state index contributed by atoms with van der Waals surface area (Å²) in [6.07, 6.45) is 0.649. The smallest absolute Gasteiger partial charge is 0.220 e.